The fourth-order valence-corrected chi connectivity index (χ4v) is 4.62. The van der Waals surface area contributed by atoms with E-state index in [9.17, 15) is 9.59 Å². The first-order valence-corrected chi connectivity index (χ1v) is 9.59. The van der Waals surface area contributed by atoms with Gasteiger partial charge in [-0.15, -0.1) is 0 Å². The Hall–Kier alpha value is -3.19. The molecular weight excluding hydrogens is 370 g/mol. The average Bonchev–Trinajstić information content (AvgIpc) is 3.38. The largest absolute Gasteiger partial charge is 0.497 e. The molecule has 3 aliphatic heterocycles. The third-order valence-corrected chi connectivity index (χ3v) is 5.96. The van der Waals surface area contributed by atoms with Gasteiger partial charge in [0.2, 0.25) is 11.8 Å². The number of carbonyl (C=O) groups excluding carboxylic acids is 2. The Balaban J connectivity index is 1.36. The van der Waals surface area contributed by atoms with Gasteiger partial charge in [-0.25, -0.2) is 0 Å². The number of likely N-dealkylation sites (tertiary alicyclic amines) is 1. The molecule has 2 bridgehead atoms. The molecule has 0 saturated carbocycles. The highest BCUT2D eigenvalue weighted by Crippen LogP contribution is 2.52. The number of hydrogen-bond donors (Lipinski definition) is 1. The molecule has 2 fully saturated rings. The molecule has 1 aromatic heterocycles. The van der Waals surface area contributed by atoms with Crippen molar-refractivity contribution in [2.75, 3.05) is 19.0 Å². The Morgan fingerprint density at radius 3 is 2.76 bits per heavy atom. The number of aromatic nitrogens is 1. The maximum absolute atomic E-state index is 13.2. The maximum atomic E-state index is 13.2. The predicted molar refractivity (Wildman–Crippen MR) is 105 cm³/mol. The first-order chi connectivity index (χ1) is 14.1. The molecule has 0 aliphatic carbocycles. The van der Waals surface area contributed by atoms with E-state index in [0.29, 0.717) is 24.5 Å². The molecule has 2 aromatic rings. The quantitative estimate of drug-likeness (QED) is 0.789. The van der Waals surface area contributed by atoms with Crippen LogP contribution in [0.25, 0.3) is 0 Å². The van der Waals surface area contributed by atoms with E-state index >= 15 is 0 Å². The highest BCUT2D eigenvalue weighted by Gasteiger charge is 2.66. The molecule has 2 unspecified atom stereocenters. The zero-order valence-corrected chi connectivity index (χ0v) is 15.9. The highest BCUT2D eigenvalue weighted by atomic mass is 16.5. The van der Waals surface area contributed by atoms with Crippen LogP contribution in [0, 0.1) is 11.8 Å². The van der Waals surface area contributed by atoms with Crippen molar-refractivity contribution in [2.45, 2.75) is 18.2 Å². The molecule has 2 amide bonds. The summed E-state index contributed by atoms with van der Waals surface area (Å²) < 4.78 is 11.3. The van der Waals surface area contributed by atoms with Gasteiger partial charge in [0, 0.05) is 24.6 Å². The van der Waals surface area contributed by atoms with Crippen LogP contribution in [0.3, 0.4) is 0 Å². The van der Waals surface area contributed by atoms with Gasteiger partial charge in [-0.1, -0.05) is 12.2 Å². The molecule has 5 rings (SSSR count). The normalized spacial score (nSPS) is 29.2. The second-order valence-electron chi connectivity index (χ2n) is 7.67. The number of nitrogens with one attached hydrogen (secondary N) is 1. The summed E-state index contributed by atoms with van der Waals surface area (Å²) in [7, 11) is 1.59. The van der Waals surface area contributed by atoms with E-state index in [0.717, 1.165) is 5.56 Å². The van der Waals surface area contributed by atoms with Gasteiger partial charge in [0.25, 0.3) is 0 Å². The lowest BCUT2D eigenvalue weighted by molar-refractivity contribution is -0.136. The minimum absolute atomic E-state index is 0.0384. The zero-order chi connectivity index (χ0) is 20.0. The van der Waals surface area contributed by atoms with E-state index in [1.807, 2.05) is 24.3 Å². The van der Waals surface area contributed by atoms with Crippen LogP contribution in [0.2, 0.25) is 0 Å². The summed E-state index contributed by atoms with van der Waals surface area (Å²) in [6, 6.07) is 10.9. The van der Waals surface area contributed by atoms with Crippen molar-refractivity contribution >= 4 is 17.5 Å². The fourth-order valence-electron chi connectivity index (χ4n) is 4.62. The molecule has 148 valence electrons. The lowest BCUT2D eigenvalue weighted by Gasteiger charge is -2.23. The van der Waals surface area contributed by atoms with E-state index in [4.69, 9.17) is 9.47 Å². The van der Waals surface area contributed by atoms with Crippen LogP contribution >= 0.6 is 0 Å². The minimum atomic E-state index is -0.712. The van der Waals surface area contributed by atoms with E-state index < -0.39 is 17.4 Å². The number of rotatable bonds is 5. The van der Waals surface area contributed by atoms with Crippen LogP contribution in [-0.4, -0.2) is 47.1 Å². The van der Waals surface area contributed by atoms with Gasteiger partial charge in [0.05, 0.1) is 31.6 Å². The van der Waals surface area contributed by atoms with Gasteiger partial charge >= 0.3 is 0 Å². The number of anilines is 1. The molecule has 3 aliphatic rings. The molecule has 1 aromatic carbocycles. The maximum Gasteiger partial charge on any atom is 0.231 e. The van der Waals surface area contributed by atoms with Gasteiger partial charge in [-0.05, 0) is 42.0 Å². The molecule has 1 spiro atoms. The summed E-state index contributed by atoms with van der Waals surface area (Å²) in [5.41, 5.74) is 0.953. The Labute approximate surface area is 168 Å². The topological polar surface area (TPSA) is 80.8 Å². The second-order valence-corrected chi connectivity index (χ2v) is 7.67. The smallest absolute Gasteiger partial charge is 0.231 e. The summed E-state index contributed by atoms with van der Waals surface area (Å²) in [5.74, 6) is -0.570. The van der Waals surface area contributed by atoms with Gasteiger partial charge in [-0.2, -0.15) is 0 Å². The Morgan fingerprint density at radius 1 is 1.28 bits per heavy atom. The molecule has 1 N–H and O–H groups in total. The van der Waals surface area contributed by atoms with Crippen molar-refractivity contribution in [2.24, 2.45) is 11.8 Å². The first kappa shape index (κ1) is 17.9. The molecule has 4 heterocycles. The van der Waals surface area contributed by atoms with Crippen molar-refractivity contribution in [3.8, 4) is 5.75 Å². The Morgan fingerprint density at radius 2 is 2.03 bits per heavy atom. The average molecular weight is 391 g/mol. The van der Waals surface area contributed by atoms with Crippen molar-refractivity contribution in [3.05, 3.63) is 66.5 Å². The second kappa shape index (κ2) is 6.70. The predicted octanol–water partition coefficient (Wildman–Crippen LogP) is 2.01. The number of carbonyl (C=O) groups is 2. The van der Waals surface area contributed by atoms with Crippen LogP contribution in [-0.2, 0) is 20.9 Å². The van der Waals surface area contributed by atoms with E-state index in [-0.39, 0.29) is 17.9 Å². The molecule has 0 radical (unpaired) electrons. The first-order valence-electron chi connectivity index (χ1n) is 9.59. The van der Waals surface area contributed by atoms with Gasteiger partial charge in [-0.3, -0.25) is 14.6 Å². The number of methoxy groups -OCH3 is 1. The number of fused-ring (bicyclic) bond motifs is 1. The third kappa shape index (κ3) is 2.89. The molecular formula is C22H21N3O4. The van der Waals surface area contributed by atoms with Crippen LogP contribution < -0.4 is 10.1 Å². The Bertz CT molecular complexity index is 975. The van der Waals surface area contributed by atoms with Gasteiger partial charge < -0.3 is 19.7 Å². The van der Waals surface area contributed by atoms with Gasteiger partial charge in [0.1, 0.15) is 11.4 Å². The molecule has 2 saturated heterocycles. The van der Waals surface area contributed by atoms with E-state index in [1.165, 1.54) is 0 Å². The molecule has 7 nitrogen and oxygen atoms in total. The lowest BCUT2D eigenvalue weighted by atomic mass is 9.77. The van der Waals surface area contributed by atoms with E-state index in [2.05, 4.69) is 10.3 Å². The SMILES string of the molecule is COc1ccc(NC(=O)C2C3C(=O)N(Cc4ccncc4)C[C@]34C=C[C@H]2O4)cc1. The Kier molecular flexibility index (Phi) is 4.13. The zero-order valence-electron chi connectivity index (χ0n) is 15.9. The molecule has 29 heavy (non-hydrogen) atoms. The fraction of sp³-hybridized carbons (Fsp3) is 0.318. The van der Waals surface area contributed by atoms with Crippen molar-refractivity contribution in [1.29, 1.82) is 0 Å². The number of ether oxygens (including phenoxy) is 2. The van der Waals surface area contributed by atoms with Crippen LogP contribution in [0.4, 0.5) is 5.69 Å². The summed E-state index contributed by atoms with van der Waals surface area (Å²) in [6.45, 7) is 0.937. The summed E-state index contributed by atoms with van der Waals surface area (Å²) in [5, 5.41) is 2.93. The number of amides is 2. The molecule has 7 heteroatoms. The number of pyridine rings is 1. The lowest BCUT2D eigenvalue weighted by Crippen LogP contribution is -2.41. The molecule has 4 atom stereocenters. The van der Waals surface area contributed by atoms with Gasteiger partial charge in [0.15, 0.2) is 0 Å². The number of nitrogens with zero attached hydrogens (tertiary/aromatic N) is 2. The monoisotopic (exact) mass is 391 g/mol. The summed E-state index contributed by atoms with van der Waals surface area (Å²) >= 11 is 0. The standard InChI is InChI=1S/C22H21N3O4/c1-28-16-4-2-15(3-5-16)24-20(26)18-17-6-9-22(29-17)13-25(21(27)19(18)22)12-14-7-10-23-11-8-14/h2-11,17-19H,12-13H2,1H3,(H,24,26)/t17-,18?,19?,22-/m1/s1. The van der Waals surface area contributed by atoms with Crippen LogP contribution in [0.15, 0.2) is 60.9 Å². The minimum Gasteiger partial charge on any atom is -0.497 e. The van der Waals surface area contributed by atoms with Crippen molar-refractivity contribution < 1.29 is 19.1 Å². The van der Waals surface area contributed by atoms with Crippen molar-refractivity contribution in [1.82, 2.24) is 9.88 Å². The summed E-state index contributed by atoms with van der Waals surface area (Å²) in [6.07, 6.45) is 6.93. The van der Waals surface area contributed by atoms with Crippen molar-refractivity contribution in [3.63, 3.8) is 0 Å². The number of benzene rings is 1. The summed E-state index contributed by atoms with van der Waals surface area (Å²) in [4.78, 5) is 32.1. The van der Waals surface area contributed by atoms with E-state index in [1.54, 1.807) is 48.7 Å². The van der Waals surface area contributed by atoms with Crippen LogP contribution in [0.5, 0.6) is 5.75 Å². The highest BCUT2D eigenvalue weighted by molar-refractivity contribution is 5.99. The number of hydrogen-bond acceptors (Lipinski definition) is 5. The third-order valence-electron chi connectivity index (χ3n) is 5.96. The van der Waals surface area contributed by atoms with Crippen LogP contribution in [0.1, 0.15) is 5.56 Å².